The molecular formula is C24H26N4O6S2. The van der Waals surface area contributed by atoms with Crippen LogP contribution in [0, 0.1) is 0 Å². The first-order valence-electron chi connectivity index (χ1n) is 11.1. The molecule has 1 aliphatic heterocycles. The van der Waals surface area contributed by atoms with Crippen molar-refractivity contribution < 1.29 is 27.5 Å². The van der Waals surface area contributed by atoms with Crippen LogP contribution in [0.3, 0.4) is 0 Å². The van der Waals surface area contributed by atoms with E-state index in [1.165, 1.54) is 39.9 Å². The number of nitrogens with one attached hydrogen (secondary N) is 1. The molecule has 2 heterocycles. The summed E-state index contributed by atoms with van der Waals surface area (Å²) in [7, 11) is -0.208. The van der Waals surface area contributed by atoms with E-state index >= 15 is 0 Å². The number of esters is 1. The number of carbonyl (C=O) groups is 2. The van der Waals surface area contributed by atoms with Gasteiger partial charge in [-0.3, -0.25) is 10.1 Å². The van der Waals surface area contributed by atoms with Crippen LogP contribution in [0.25, 0.3) is 11.3 Å². The van der Waals surface area contributed by atoms with Crippen LogP contribution >= 0.6 is 11.3 Å². The van der Waals surface area contributed by atoms with Crippen molar-refractivity contribution in [2.24, 2.45) is 0 Å². The number of aromatic nitrogens is 1. The van der Waals surface area contributed by atoms with Gasteiger partial charge in [-0.05, 0) is 49.5 Å². The zero-order valence-corrected chi connectivity index (χ0v) is 21.5. The molecule has 1 amide bonds. The molecule has 0 aliphatic carbocycles. The highest BCUT2D eigenvalue weighted by Crippen LogP contribution is 2.26. The molecule has 12 heteroatoms. The lowest BCUT2D eigenvalue weighted by atomic mass is 10.2. The van der Waals surface area contributed by atoms with Gasteiger partial charge < -0.3 is 14.4 Å². The second kappa shape index (κ2) is 11.2. The fraction of sp³-hybridized carbons (Fsp3) is 0.292. The lowest BCUT2D eigenvalue weighted by Crippen LogP contribution is -2.47. The van der Waals surface area contributed by atoms with E-state index < -0.39 is 28.5 Å². The summed E-state index contributed by atoms with van der Waals surface area (Å²) in [6.45, 7) is 1.49. The largest absolute Gasteiger partial charge is 0.497 e. The van der Waals surface area contributed by atoms with Crippen molar-refractivity contribution >= 4 is 38.4 Å². The van der Waals surface area contributed by atoms with Crippen LogP contribution in [0.4, 0.5) is 5.13 Å². The molecule has 1 aromatic heterocycles. The summed E-state index contributed by atoms with van der Waals surface area (Å²) in [6, 6.07) is 13.0. The molecule has 1 saturated heterocycles. The van der Waals surface area contributed by atoms with Crippen LogP contribution in [-0.2, 0) is 19.6 Å². The number of carbonyl (C=O) groups excluding carboxylic acids is 2. The quantitative estimate of drug-likeness (QED) is 0.442. The number of methoxy groups -OCH3 is 1. The zero-order valence-electron chi connectivity index (χ0n) is 19.8. The Morgan fingerprint density at radius 1 is 1.08 bits per heavy atom. The van der Waals surface area contributed by atoms with E-state index in [2.05, 4.69) is 15.2 Å². The molecule has 0 atom stereocenters. The summed E-state index contributed by atoms with van der Waals surface area (Å²) >= 11 is 1.24. The maximum Gasteiger partial charge on any atom is 0.338 e. The number of rotatable bonds is 8. The van der Waals surface area contributed by atoms with Gasteiger partial charge >= 0.3 is 5.97 Å². The molecule has 1 aliphatic rings. The van der Waals surface area contributed by atoms with Crippen molar-refractivity contribution in [3.8, 4) is 17.0 Å². The zero-order chi connectivity index (χ0) is 25.7. The normalized spacial score (nSPS) is 14.8. The van der Waals surface area contributed by atoms with Gasteiger partial charge in [0.15, 0.2) is 11.7 Å². The predicted molar refractivity (Wildman–Crippen MR) is 136 cm³/mol. The van der Waals surface area contributed by atoms with E-state index in [-0.39, 0.29) is 10.5 Å². The van der Waals surface area contributed by atoms with Crippen molar-refractivity contribution in [2.75, 3.05) is 52.3 Å². The summed E-state index contributed by atoms with van der Waals surface area (Å²) in [6.07, 6.45) is 0. The van der Waals surface area contributed by atoms with E-state index in [0.29, 0.717) is 37.0 Å². The molecule has 1 fully saturated rings. The summed E-state index contributed by atoms with van der Waals surface area (Å²) in [5.74, 6) is -0.620. The SMILES string of the molecule is COc1ccc(-c2csc(NC(=O)COC(=O)c3cccc(S(=O)(=O)N4CCN(C)CC4)c3)n2)cc1. The van der Waals surface area contributed by atoms with Gasteiger partial charge in [-0.2, -0.15) is 4.31 Å². The fourth-order valence-corrected chi connectivity index (χ4v) is 5.76. The minimum atomic E-state index is -3.73. The van der Waals surface area contributed by atoms with Crippen LogP contribution in [0.1, 0.15) is 10.4 Å². The fourth-order valence-electron chi connectivity index (χ4n) is 3.56. The Balaban J connectivity index is 1.33. The molecule has 0 spiro atoms. The third-order valence-corrected chi connectivity index (χ3v) is 8.29. The second-order valence-electron chi connectivity index (χ2n) is 8.13. The number of sulfonamides is 1. The Hall–Kier alpha value is -3.32. The predicted octanol–water partition coefficient (Wildman–Crippen LogP) is 2.55. The molecule has 4 rings (SSSR count). The van der Waals surface area contributed by atoms with E-state index in [1.807, 2.05) is 31.3 Å². The lowest BCUT2D eigenvalue weighted by molar-refractivity contribution is -0.119. The molecule has 3 aromatic rings. The second-order valence-corrected chi connectivity index (χ2v) is 10.9. The van der Waals surface area contributed by atoms with Crippen LogP contribution < -0.4 is 10.1 Å². The number of likely N-dealkylation sites (N-methyl/N-ethyl adjacent to an activating group) is 1. The Labute approximate surface area is 213 Å². The molecule has 1 N–H and O–H groups in total. The van der Waals surface area contributed by atoms with Gasteiger partial charge in [0.25, 0.3) is 5.91 Å². The molecule has 10 nitrogen and oxygen atoms in total. The average molecular weight is 531 g/mol. The molecule has 36 heavy (non-hydrogen) atoms. The number of hydrogen-bond donors (Lipinski definition) is 1. The number of piperazine rings is 1. The average Bonchev–Trinajstić information content (AvgIpc) is 3.36. The number of hydrogen-bond acceptors (Lipinski definition) is 9. The maximum atomic E-state index is 13.0. The summed E-state index contributed by atoms with van der Waals surface area (Å²) in [4.78, 5) is 31.2. The van der Waals surface area contributed by atoms with Crippen molar-refractivity contribution in [3.05, 3.63) is 59.5 Å². The Kier molecular flexibility index (Phi) is 7.99. The van der Waals surface area contributed by atoms with Gasteiger partial charge in [-0.1, -0.05) is 6.07 Å². The van der Waals surface area contributed by atoms with Gasteiger partial charge in [0.1, 0.15) is 5.75 Å². The van der Waals surface area contributed by atoms with Gasteiger partial charge in [0, 0.05) is 37.1 Å². The molecule has 0 bridgehead atoms. The number of ether oxygens (including phenoxy) is 2. The maximum absolute atomic E-state index is 13.0. The number of amides is 1. The molecular weight excluding hydrogens is 504 g/mol. The Bertz CT molecular complexity index is 1330. The minimum absolute atomic E-state index is 0.0137. The van der Waals surface area contributed by atoms with Crippen molar-refractivity contribution in [3.63, 3.8) is 0 Å². The Morgan fingerprint density at radius 3 is 2.50 bits per heavy atom. The van der Waals surface area contributed by atoms with E-state index in [0.717, 1.165) is 11.3 Å². The van der Waals surface area contributed by atoms with Crippen molar-refractivity contribution in [1.82, 2.24) is 14.2 Å². The highest BCUT2D eigenvalue weighted by atomic mass is 32.2. The lowest BCUT2D eigenvalue weighted by Gasteiger charge is -2.31. The monoisotopic (exact) mass is 530 g/mol. The minimum Gasteiger partial charge on any atom is -0.497 e. The smallest absolute Gasteiger partial charge is 0.338 e. The van der Waals surface area contributed by atoms with Gasteiger partial charge in [0.2, 0.25) is 10.0 Å². The Morgan fingerprint density at radius 2 is 1.81 bits per heavy atom. The molecule has 0 radical (unpaired) electrons. The summed E-state index contributed by atoms with van der Waals surface area (Å²) in [5, 5.41) is 4.77. The third kappa shape index (κ3) is 6.08. The van der Waals surface area contributed by atoms with Crippen LogP contribution in [0.2, 0.25) is 0 Å². The first kappa shape index (κ1) is 25.8. The molecule has 0 saturated carbocycles. The number of benzene rings is 2. The molecule has 0 unspecified atom stereocenters. The first-order chi connectivity index (χ1) is 17.3. The number of anilines is 1. The van der Waals surface area contributed by atoms with Gasteiger partial charge in [-0.25, -0.2) is 18.2 Å². The van der Waals surface area contributed by atoms with Gasteiger partial charge in [-0.15, -0.1) is 11.3 Å². The highest BCUT2D eigenvalue weighted by molar-refractivity contribution is 7.89. The van der Waals surface area contributed by atoms with Gasteiger partial charge in [0.05, 0.1) is 23.3 Å². The van der Waals surface area contributed by atoms with Crippen molar-refractivity contribution in [2.45, 2.75) is 4.90 Å². The third-order valence-electron chi connectivity index (χ3n) is 5.64. The van der Waals surface area contributed by atoms with E-state index in [4.69, 9.17) is 9.47 Å². The van der Waals surface area contributed by atoms with Crippen LogP contribution in [-0.4, -0.2) is 81.4 Å². The molecule has 2 aromatic carbocycles. The van der Waals surface area contributed by atoms with Crippen LogP contribution in [0.5, 0.6) is 5.75 Å². The summed E-state index contributed by atoms with van der Waals surface area (Å²) < 4.78 is 37.6. The molecule has 190 valence electrons. The van der Waals surface area contributed by atoms with Crippen molar-refractivity contribution in [1.29, 1.82) is 0 Å². The standard InChI is InChI=1S/C24H26N4O6S2/c1-27-10-12-28(13-11-27)36(31,32)20-5-3-4-18(14-20)23(30)34-15-22(29)26-24-25-21(16-35-24)17-6-8-19(33-2)9-7-17/h3-9,14,16H,10-13,15H2,1-2H3,(H,25,26,29). The van der Waals surface area contributed by atoms with E-state index in [1.54, 1.807) is 12.5 Å². The number of nitrogens with zero attached hydrogens (tertiary/aromatic N) is 3. The highest BCUT2D eigenvalue weighted by Gasteiger charge is 2.28. The first-order valence-corrected chi connectivity index (χ1v) is 13.4. The topological polar surface area (TPSA) is 118 Å². The van der Waals surface area contributed by atoms with E-state index in [9.17, 15) is 18.0 Å². The van der Waals surface area contributed by atoms with Crippen LogP contribution in [0.15, 0.2) is 58.8 Å². The number of thiazole rings is 1. The summed E-state index contributed by atoms with van der Waals surface area (Å²) in [5.41, 5.74) is 1.60.